The summed E-state index contributed by atoms with van der Waals surface area (Å²) in [5.41, 5.74) is 0. The Morgan fingerprint density at radius 1 is 1.36 bits per heavy atom. The molecule has 3 heteroatoms. The first-order valence-corrected chi connectivity index (χ1v) is 4.54. The van der Waals surface area contributed by atoms with Gasteiger partial charge in [-0.3, -0.25) is 4.90 Å². The second-order valence-electron chi connectivity index (χ2n) is 3.66. The van der Waals surface area contributed by atoms with Crippen LogP contribution in [0.15, 0.2) is 0 Å². The van der Waals surface area contributed by atoms with E-state index in [4.69, 9.17) is 0 Å². The molecular weight excluding hydrogens is 138 g/mol. The Morgan fingerprint density at radius 3 is 3.18 bits per heavy atom. The Kier molecular flexibility index (Phi) is 2.11. The Balaban J connectivity index is 1.93. The van der Waals surface area contributed by atoms with Gasteiger partial charge < -0.3 is 10.6 Å². The summed E-state index contributed by atoms with van der Waals surface area (Å²) in [6.07, 6.45) is 0. The highest BCUT2D eigenvalue weighted by Gasteiger charge is 2.27. The van der Waals surface area contributed by atoms with Crippen molar-refractivity contribution in [1.29, 1.82) is 0 Å². The zero-order valence-electron chi connectivity index (χ0n) is 7.14. The third-order valence-electron chi connectivity index (χ3n) is 2.68. The molecule has 0 aromatic heterocycles. The Labute approximate surface area is 68.1 Å². The third-order valence-corrected chi connectivity index (χ3v) is 2.68. The molecule has 2 saturated heterocycles. The molecule has 2 aliphatic rings. The molecule has 3 nitrogen and oxygen atoms in total. The van der Waals surface area contributed by atoms with Crippen LogP contribution in [0.3, 0.4) is 0 Å². The quantitative estimate of drug-likeness (QED) is 0.482. The normalized spacial score (nSPS) is 40.1. The average Bonchev–Trinajstić information content (AvgIpc) is 2.04. The van der Waals surface area contributed by atoms with Gasteiger partial charge in [-0.2, -0.15) is 0 Å². The summed E-state index contributed by atoms with van der Waals surface area (Å²) >= 11 is 0. The van der Waals surface area contributed by atoms with E-state index in [1.54, 1.807) is 0 Å². The summed E-state index contributed by atoms with van der Waals surface area (Å²) in [6.45, 7) is 8.22. The standard InChI is InChI=1S/C8H17N3/c1-7-6-11-3-2-9-4-8(11)5-10-7/h7-10H,2-6H2,1H3/t7-,8?/m1/s1. The maximum Gasteiger partial charge on any atom is 0.0346 e. The molecule has 0 spiro atoms. The highest BCUT2D eigenvalue weighted by molar-refractivity contribution is 4.88. The lowest BCUT2D eigenvalue weighted by molar-refractivity contribution is 0.110. The van der Waals surface area contributed by atoms with Crippen LogP contribution in [-0.4, -0.2) is 49.7 Å². The molecule has 0 bridgehead atoms. The number of piperazine rings is 2. The van der Waals surface area contributed by atoms with Gasteiger partial charge in [0.05, 0.1) is 0 Å². The van der Waals surface area contributed by atoms with Crippen molar-refractivity contribution in [3.05, 3.63) is 0 Å². The molecule has 2 heterocycles. The second-order valence-corrected chi connectivity index (χ2v) is 3.66. The number of hydrogen-bond acceptors (Lipinski definition) is 3. The molecule has 0 aromatic rings. The fraction of sp³-hybridized carbons (Fsp3) is 1.00. The summed E-state index contributed by atoms with van der Waals surface area (Å²) in [5, 5.41) is 6.92. The molecule has 0 saturated carbocycles. The first-order chi connectivity index (χ1) is 5.36. The van der Waals surface area contributed by atoms with E-state index in [0.29, 0.717) is 6.04 Å². The van der Waals surface area contributed by atoms with E-state index in [9.17, 15) is 0 Å². The fourth-order valence-corrected chi connectivity index (χ4v) is 2.00. The predicted molar refractivity (Wildman–Crippen MR) is 45.7 cm³/mol. The summed E-state index contributed by atoms with van der Waals surface area (Å²) < 4.78 is 0. The van der Waals surface area contributed by atoms with Crippen molar-refractivity contribution in [3.63, 3.8) is 0 Å². The molecule has 0 aliphatic carbocycles. The van der Waals surface area contributed by atoms with Gasteiger partial charge >= 0.3 is 0 Å². The van der Waals surface area contributed by atoms with Gasteiger partial charge in [0.2, 0.25) is 0 Å². The smallest absolute Gasteiger partial charge is 0.0346 e. The predicted octanol–water partition coefficient (Wildman–Crippen LogP) is -0.748. The molecule has 2 fully saturated rings. The molecule has 2 atom stereocenters. The SMILES string of the molecule is C[C@@H]1CN2CCNCC2CN1. The zero-order valence-corrected chi connectivity index (χ0v) is 7.14. The maximum atomic E-state index is 3.50. The van der Waals surface area contributed by atoms with Gasteiger partial charge in [0, 0.05) is 44.8 Å². The molecular formula is C8H17N3. The second kappa shape index (κ2) is 3.09. The van der Waals surface area contributed by atoms with Gasteiger partial charge in [0.15, 0.2) is 0 Å². The minimum absolute atomic E-state index is 0.685. The molecule has 2 aliphatic heterocycles. The summed E-state index contributed by atoms with van der Waals surface area (Å²) in [4.78, 5) is 2.59. The fourth-order valence-electron chi connectivity index (χ4n) is 2.00. The molecule has 2 rings (SSSR count). The minimum atomic E-state index is 0.685. The zero-order chi connectivity index (χ0) is 7.68. The lowest BCUT2D eigenvalue weighted by atomic mass is 10.1. The van der Waals surface area contributed by atoms with Crippen molar-refractivity contribution in [3.8, 4) is 0 Å². The van der Waals surface area contributed by atoms with Gasteiger partial charge in [-0.05, 0) is 6.92 Å². The Morgan fingerprint density at radius 2 is 2.27 bits per heavy atom. The van der Waals surface area contributed by atoms with Crippen LogP contribution in [0.25, 0.3) is 0 Å². The van der Waals surface area contributed by atoms with E-state index in [0.717, 1.165) is 12.6 Å². The number of fused-ring (bicyclic) bond motifs is 1. The number of hydrogen-bond donors (Lipinski definition) is 2. The molecule has 0 amide bonds. The van der Waals surface area contributed by atoms with Crippen LogP contribution < -0.4 is 10.6 Å². The lowest BCUT2D eigenvalue weighted by Gasteiger charge is -2.42. The lowest BCUT2D eigenvalue weighted by Crippen LogP contribution is -2.62. The molecule has 0 aromatic carbocycles. The summed E-state index contributed by atoms with van der Waals surface area (Å²) in [5.74, 6) is 0. The number of nitrogens with one attached hydrogen (secondary N) is 2. The van der Waals surface area contributed by atoms with E-state index in [1.807, 2.05) is 0 Å². The molecule has 0 radical (unpaired) electrons. The topological polar surface area (TPSA) is 27.3 Å². The summed E-state index contributed by atoms with van der Waals surface area (Å²) in [7, 11) is 0. The van der Waals surface area contributed by atoms with E-state index < -0.39 is 0 Å². The first kappa shape index (κ1) is 7.53. The van der Waals surface area contributed by atoms with Crippen LogP contribution in [0.5, 0.6) is 0 Å². The molecule has 2 N–H and O–H groups in total. The van der Waals surface area contributed by atoms with Crippen molar-refractivity contribution in [2.45, 2.75) is 19.0 Å². The van der Waals surface area contributed by atoms with Gasteiger partial charge in [-0.1, -0.05) is 0 Å². The Bertz CT molecular complexity index is 137. The number of nitrogens with zero attached hydrogens (tertiary/aromatic N) is 1. The van der Waals surface area contributed by atoms with E-state index in [1.165, 1.54) is 26.2 Å². The molecule has 64 valence electrons. The van der Waals surface area contributed by atoms with E-state index in [-0.39, 0.29) is 0 Å². The minimum Gasteiger partial charge on any atom is -0.314 e. The Hall–Kier alpha value is -0.120. The van der Waals surface area contributed by atoms with Crippen molar-refractivity contribution < 1.29 is 0 Å². The average molecular weight is 155 g/mol. The third kappa shape index (κ3) is 1.55. The van der Waals surface area contributed by atoms with Crippen molar-refractivity contribution >= 4 is 0 Å². The van der Waals surface area contributed by atoms with Crippen LogP contribution >= 0.6 is 0 Å². The van der Waals surface area contributed by atoms with Crippen molar-refractivity contribution in [1.82, 2.24) is 15.5 Å². The summed E-state index contributed by atoms with van der Waals surface area (Å²) in [6, 6.07) is 1.43. The van der Waals surface area contributed by atoms with Gasteiger partial charge in [-0.15, -0.1) is 0 Å². The van der Waals surface area contributed by atoms with Crippen LogP contribution in [0.1, 0.15) is 6.92 Å². The van der Waals surface area contributed by atoms with Gasteiger partial charge in [0.1, 0.15) is 0 Å². The van der Waals surface area contributed by atoms with Crippen LogP contribution in [0, 0.1) is 0 Å². The van der Waals surface area contributed by atoms with Crippen molar-refractivity contribution in [2.75, 3.05) is 32.7 Å². The van der Waals surface area contributed by atoms with Gasteiger partial charge in [0.25, 0.3) is 0 Å². The highest BCUT2D eigenvalue weighted by Crippen LogP contribution is 2.07. The number of rotatable bonds is 0. The van der Waals surface area contributed by atoms with Crippen LogP contribution in [0.2, 0.25) is 0 Å². The van der Waals surface area contributed by atoms with E-state index in [2.05, 4.69) is 22.5 Å². The maximum absolute atomic E-state index is 3.50. The molecule has 1 unspecified atom stereocenters. The van der Waals surface area contributed by atoms with Crippen LogP contribution in [0.4, 0.5) is 0 Å². The molecule has 11 heavy (non-hydrogen) atoms. The largest absolute Gasteiger partial charge is 0.314 e. The monoisotopic (exact) mass is 155 g/mol. The van der Waals surface area contributed by atoms with Crippen LogP contribution in [-0.2, 0) is 0 Å². The van der Waals surface area contributed by atoms with Gasteiger partial charge in [-0.25, -0.2) is 0 Å². The van der Waals surface area contributed by atoms with Crippen molar-refractivity contribution in [2.24, 2.45) is 0 Å². The highest BCUT2D eigenvalue weighted by atomic mass is 15.3. The first-order valence-electron chi connectivity index (χ1n) is 4.54. The van der Waals surface area contributed by atoms with E-state index >= 15 is 0 Å².